The van der Waals surface area contributed by atoms with Crippen LogP contribution >= 0.6 is 0 Å². The number of ketones is 1. The fourth-order valence-electron chi connectivity index (χ4n) is 3.31. The first-order valence-corrected chi connectivity index (χ1v) is 11.3. The third kappa shape index (κ3) is 7.52. The van der Waals surface area contributed by atoms with Crippen molar-refractivity contribution in [3.05, 3.63) is 88.5 Å². The summed E-state index contributed by atoms with van der Waals surface area (Å²) in [6, 6.07) is 8.13. The number of anilines is 1. The molecule has 210 valence electrons. The van der Waals surface area contributed by atoms with Gasteiger partial charge in [0.2, 0.25) is 0 Å². The van der Waals surface area contributed by atoms with E-state index in [4.69, 9.17) is 10.5 Å². The lowest BCUT2D eigenvalue weighted by Crippen LogP contribution is -2.34. The maximum Gasteiger partial charge on any atom is 0.416 e. The number of carbonyl (C=O) groups excluding carboxylic acids is 4. The molecule has 0 aromatic heterocycles. The number of ether oxygens (including phenoxy) is 2. The van der Waals surface area contributed by atoms with E-state index in [-0.39, 0.29) is 30.3 Å². The van der Waals surface area contributed by atoms with Gasteiger partial charge >= 0.3 is 12.3 Å². The highest BCUT2D eigenvalue weighted by atomic mass is 19.4. The average molecular weight is 565 g/mol. The zero-order valence-electron chi connectivity index (χ0n) is 20.5. The first kappa shape index (κ1) is 29.5. The lowest BCUT2D eigenvalue weighted by atomic mass is 10.1. The molecule has 0 atom stereocenters. The van der Waals surface area contributed by atoms with Crippen LogP contribution in [-0.2, 0) is 15.7 Å². The molecule has 9 nitrogen and oxygen atoms in total. The monoisotopic (exact) mass is 565 g/mol. The Hall–Kier alpha value is -5.01. The van der Waals surface area contributed by atoms with E-state index in [1.165, 1.54) is 13.0 Å². The van der Waals surface area contributed by atoms with Gasteiger partial charge in [-0.05, 0) is 67.1 Å². The number of halogens is 5. The summed E-state index contributed by atoms with van der Waals surface area (Å²) in [6.45, 7) is 0.823. The number of benzene rings is 3. The average Bonchev–Trinajstić information content (AvgIpc) is 2.88. The minimum absolute atomic E-state index is 0.0668. The summed E-state index contributed by atoms with van der Waals surface area (Å²) in [5.74, 6) is -5.68. The van der Waals surface area contributed by atoms with Crippen molar-refractivity contribution in [2.24, 2.45) is 5.73 Å². The second-order valence-electron chi connectivity index (χ2n) is 8.12. The standard InChI is InChI=1S/C26H20F5N3O6/c1-13-10-15(27)3-7-20(13)40-21-6-2-14(26(29,30)31)11-18(21)23(36)34-16-4-5-19(28)17(12-16)22(35)24(37)33-8-9-39-25(32)38/h2-7,10-12H,8-9H2,1H3,(H2,32,38)(H,33,37)(H,34,36). The molecule has 0 aliphatic carbocycles. The Morgan fingerprint density at radius 3 is 2.25 bits per heavy atom. The molecule has 0 fully saturated rings. The van der Waals surface area contributed by atoms with Crippen LogP contribution in [0, 0.1) is 18.6 Å². The molecular formula is C26H20F5N3O6. The largest absolute Gasteiger partial charge is 0.456 e. The van der Waals surface area contributed by atoms with Crippen LogP contribution in [0.5, 0.6) is 11.5 Å². The Morgan fingerprint density at radius 1 is 0.900 bits per heavy atom. The van der Waals surface area contributed by atoms with Gasteiger partial charge in [0.05, 0.1) is 23.2 Å². The van der Waals surface area contributed by atoms with Crippen molar-refractivity contribution in [1.29, 1.82) is 0 Å². The second-order valence-corrected chi connectivity index (χ2v) is 8.12. The molecule has 0 bridgehead atoms. The maximum absolute atomic E-state index is 14.3. The Bertz CT molecular complexity index is 1480. The summed E-state index contributed by atoms with van der Waals surface area (Å²) in [6.07, 6.45) is -5.93. The molecule has 0 saturated carbocycles. The number of nitrogens with one attached hydrogen (secondary N) is 2. The minimum Gasteiger partial charge on any atom is -0.456 e. The lowest BCUT2D eigenvalue weighted by molar-refractivity contribution is -0.137. The molecule has 0 aliphatic heterocycles. The van der Waals surface area contributed by atoms with E-state index in [1.807, 2.05) is 0 Å². The van der Waals surface area contributed by atoms with Crippen LogP contribution in [0.2, 0.25) is 0 Å². The van der Waals surface area contributed by atoms with Gasteiger partial charge in [-0.1, -0.05) is 0 Å². The predicted molar refractivity (Wildman–Crippen MR) is 130 cm³/mol. The summed E-state index contributed by atoms with van der Waals surface area (Å²) in [5.41, 5.74) is 2.32. The number of nitrogens with two attached hydrogens (primary N) is 1. The van der Waals surface area contributed by atoms with E-state index in [2.05, 4.69) is 15.4 Å². The van der Waals surface area contributed by atoms with E-state index in [9.17, 15) is 41.1 Å². The number of alkyl halides is 3. The van der Waals surface area contributed by atoms with Crippen LogP contribution < -0.4 is 21.1 Å². The second kappa shape index (κ2) is 12.2. The molecule has 0 aliphatic rings. The normalized spacial score (nSPS) is 10.9. The van der Waals surface area contributed by atoms with Gasteiger partial charge in [-0.2, -0.15) is 13.2 Å². The summed E-state index contributed by atoms with van der Waals surface area (Å²) in [5, 5.41) is 4.33. The van der Waals surface area contributed by atoms with Crippen molar-refractivity contribution >= 4 is 29.4 Å². The Morgan fingerprint density at radius 2 is 1.60 bits per heavy atom. The Balaban J connectivity index is 1.87. The lowest BCUT2D eigenvalue weighted by Gasteiger charge is -2.16. The molecular weight excluding hydrogens is 545 g/mol. The fourth-order valence-corrected chi connectivity index (χ4v) is 3.31. The van der Waals surface area contributed by atoms with Gasteiger partial charge in [-0.25, -0.2) is 13.6 Å². The quantitative estimate of drug-likeness (QED) is 0.149. The molecule has 3 aromatic carbocycles. The Labute approximate surface area is 223 Å². The van der Waals surface area contributed by atoms with Gasteiger partial charge in [-0.15, -0.1) is 0 Å². The SMILES string of the molecule is Cc1cc(F)ccc1Oc1ccc(C(F)(F)F)cc1C(=O)Nc1ccc(F)c(C(=O)C(=O)NCCOC(N)=O)c1. The van der Waals surface area contributed by atoms with Crippen molar-refractivity contribution in [2.75, 3.05) is 18.5 Å². The molecule has 14 heteroatoms. The minimum atomic E-state index is -4.81. The smallest absolute Gasteiger partial charge is 0.416 e. The molecule has 0 heterocycles. The number of hydrogen-bond acceptors (Lipinski definition) is 6. The molecule has 3 amide bonds. The highest BCUT2D eigenvalue weighted by Gasteiger charge is 2.32. The van der Waals surface area contributed by atoms with Gasteiger partial charge < -0.3 is 25.8 Å². The third-order valence-electron chi connectivity index (χ3n) is 5.22. The zero-order chi connectivity index (χ0) is 29.6. The highest BCUT2D eigenvalue weighted by molar-refractivity contribution is 6.43. The van der Waals surface area contributed by atoms with Gasteiger partial charge in [0, 0.05) is 5.69 Å². The van der Waals surface area contributed by atoms with Crippen LogP contribution in [0.15, 0.2) is 54.6 Å². The molecule has 0 saturated heterocycles. The predicted octanol–water partition coefficient (Wildman–Crippen LogP) is 4.73. The number of carbonyl (C=O) groups is 4. The summed E-state index contributed by atoms with van der Waals surface area (Å²) >= 11 is 0. The van der Waals surface area contributed by atoms with E-state index in [0.717, 1.165) is 36.4 Å². The van der Waals surface area contributed by atoms with Gasteiger partial charge in [-0.3, -0.25) is 14.4 Å². The molecule has 0 radical (unpaired) electrons. The third-order valence-corrected chi connectivity index (χ3v) is 5.22. The number of Topliss-reactive ketones (excluding diaryl/α,β-unsaturated/α-hetero) is 1. The Kier molecular flexibility index (Phi) is 9.04. The van der Waals surface area contributed by atoms with Crippen LogP contribution in [-0.4, -0.2) is 36.8 Å². The van der Waals surface area contributed by atoms with E-state index in [1.54, 1.807) is 0 Å². The first-order chi connectivity index (χ1) is 18.8. The summed E-state index contributed by atoms with van der Waals surface area (Å²) in [7, 11) is 0. The van der Waals surface area contributed by atoms with E-state index in [0.29, 0.717) is 17.7 Å². The number of primary amides is 1. The molecule has 3 aromatic rings. The van der Waals surface area contributed by atoms with Crippen molar-refractivity contribution in [3.8, 4) is 11.5 Å². The van der Waals surface area contributed by atoms with Crippen molar-refractivity contribution < 1.29 is 50.6 Å². The number of aryl methyl sites for hydroxylation is 1. The van der Waals surface area contributed by atoms with Crippen molar-refractivity contribution in [2.45, 2.75) is 13.1 Å². The molecule has 0 spiro atoms. The molecule has 40 heavy (non-hydrogen) atoms. The number of rotatable bonds is 9. The van der Waals surface area contributed by atoms with Crippen molar-refractivity contribution in [3.63, 3.8) is 0 Å². The summed E-state index contributed by atoms with van der Waals surface area (Å²) < 4.78 is 77.9. The summed E-state index contributed by atoms with van der Waals surface area (Å²) in [4.78, 5) is 48.0. The van der Waals surface area contributed by atoms with Gasteiger partial charge in [0.25, 0.3) is 17.6 Å². The fraction of sp³-hybridized carbons (Fsp3) is 0.154. The maximum atomic E-state index is 14.3. The van der Waals surface area contributed by atoms with Gasteiger partial charge in [0.15, 0.2) is 0 Å². The molecule has 4 N–H and O–H groups in total. The number of amides is 3. The molecule has 3 rings (SSSR count). The van der Waals surface area contributed by atoms with Crippen molar-refractivity contribution in [1.82, 2.24) is 5.32 Å². The van der Waals surface area contributed by atoms with E-state index < -0.39 is 58.2 Å². The van der Waals surface area contributed by atoms with Crippen LogP contribution in [0.3, 0.4) is 0 Å². The molecule has 0 unspecified atom stereocenters. The van der Waals surface area contributed by atoms with Crippen LogP contribution in [0.25, 0.3) is 0 Å². The van der Waals surface area contributed by atoms with E-state index >= 15 is 0 Å². The number of hydrogen-bond donors (Lipinski definition) is 3. The van der Waals surface area contributed by atoms with Crippen LogP contribution in [0.4, 0.5) is 32.4 Å². The first-order valence-electron chi connectivity index (χ1n) is 11.3. The van der Waals surface area contributed by atoms with Crippen LogP contribution in [0.1, 0.15) is 31.8 Å². The highest BCUT2D eigenvalue weighted by Crippen LogP contribution is 2.35. The van der Waals surface area contributed by atoms with Gasteiger partial charge in [0.1, 0.15) is 29.7 Å². The topological polar surface area (TPSA) is 137 Å². The zero-order valence-corrected chi connectivity index (χ0v) is 20.5.